The van der Waals surface area contributed by atoms with Gasteiger partial charge in [-0.3, -0.25) is 4.79 Å². The molecule has 0 aliphatic heterocycles. The number of aliphatic carboxylic acids is 1. The summed E-state index contributed by atoms with van der Waals surface area (Å²) in [5, 5.41) is 13.2. The first-order valence-electron chi connectivity index (χ1n) is 6.35. The van der Waals surface area contributed by atoms with Crippen molar-refractivity contribution in [3.05, 3.63) is 35.4 Å². The highest BCUT2D eigenvalue weighted by Gasteiger charge is 2.30. The quantitative estimate of drug-likeness (QED) is 0.898. The largest absolute Gasteiger partial charge is 0.548 e. The summed E-state index contributed by atoms with van der Waals surface area (Å²) in [5.74, 6) is -2.53. The number of halogens is 3. The molecule has 0 spiro atoms. The van der Waals surface area contributed by atoms with Gasteiger partial charge in [-0.1, -0.05) is 20.3 Å². The van der Waals surface area contributed by atoms with Gasteiger partial charge in [0.1, 0.15) is 0 Å². The SMILES string of the molecule is CC[C@H](C)[C@H](NC(=O)c1ccc(C(F)(F)F)cc1)C(=O)[O-]. The van der Waals surface area contributed by atoms with Crippen LogP contribution in [0.5, 0.6) is 0 Å². The first kappa shape index (κ1) is 17.0. The summed E-state index contributed by atoms with van der Waals surface area (Å²) in [5.41, 5.74) is -0.921. The normalized spacial score (nSPS) is 14.3. The van der Waals surface area contributed by atoms with Gasteiger partial charge in [0.05, 0.1) is 17.6 Å². The van der Waals surface area contributed by atoms with Crippen LogP contribution in [0.1, 0.15) is 36.2 Å². The lowest BCUT2D eigenvalue weighted by Gasteiger charge is -2.25. The summed E-state index contributed by atoms with van der Waals surface area (Å²) in [6.45, 7) is 3.39. The molecule has 4 nitrogen and oxygen atoms in total. The molecule has 0 aromatic heterocycles. The Morgan fingerprint density at radius 2 is 1.76 bits per heavy atom. The molecule has 0 fully saturated rings. The van der Waals surface area contributed by atoms with Gasteiger partial charge >= 0.3 is 6.18 Å². The number of nitrogens with one attached hydrogen (secondary N) is 1. The molecule has 0 saturated heterocycles. The Morgan fingerprint density at radius 1 is 1.24 bits per heavy atom. The van der Waals surface area contributed by atoms with Gasteiger partial charge in [-0.2, -0.15) is 13.2 Å². The number of rotatable bonds is 5. The van der Waals surface area contributed by atoms with E-state index >= 15 is 0 Å². The maximum Gasteiger partial charge on any atom is 0.416 e. The fourth-order valence-electron chi connectivity index (χ4n) is 1.70. The Balaban J connectivity index is 2.86. The predicted octanol–water partition coefficient (Wildman–Crippen LogP) is 1.60. The third-order valence-corrected chi connectivity index (χ3v) is 3.23. The molecule has 1 N–H and O–H groups in total. The summed E-state index contributed by atoms with van der Waals surface area (Å²) in [4.78, 5) is 22.8. The molecule has 2 atom stereocenters. The maximum atomic E-state index is 12.4. The van der Waals surface area contributed by atoms with Crippen molar-refractivity contribution in [1.29, 1.82) is 0 Å². The minimum absolute atomic E-state index is 0.0439. The number of carbonyl (C=O) groups is 2. The first-order valence-corrected chi connectivity index (χ1v) is 6.35. The third-order valence-electron chi connectivity index (χ3n) is 3.23. The molecule has 1 amide bonds. The molecular weight excluding hydrogens is 287 g/mol. The number of hydrogen-bond donors (Lipinski definition) is 1. The highest BCUT2D eigenvalue weighted by atomic mass is 19.4. The zero-order valence-corrected chi connectivity index (χ0v) is 11.5. The minimum atomic E-state index is -4.49. The minimum Gasteiger partial charge on any atom is -0.548 e. The summed E-state index contributed by atoms with van der Waals surface area (Å²) < 4.78 is 37.2. The Bertz CT molecular complexity index is 511. The van der Waals surface area contributed by atoms with E-state index in [0.29, 0.717) is 6.42 Å². The second-order valence-electron chi connectivity index (χ2n) is 4.73. The van der Waals surface area contributed by atoms with Crippen LogP contribution in [0, 0.1) is 5.92 Å². The van der Waals surface area contributed by atoms with Crippen LogP contribution >= 0.6 is 0 Å². The molecule has 21 heavy (non-hydrogen) atoms. The van der Waals surface area contributed by atoms with Gasteiger partial charge in [0.2, 0.25) is 0 Å². The third kappa shape index (κ3) is 4.47. The maximum absolute atomic E-state index is 12.4. The van der Waals surface area contributed by atoms with Gasteiger partial charge in [0.25, 0.3) is 5.91 Å². The van der Waals surface area contributed by atoms with E-state index < -0.39 is 29.7 Å². The van der Waals surface area contributed by atoms with Gasteiger partial charge in [-0.15, -0.1) is 0 Å². The number of amides is 1. The standard InChI is InChI=1S/C14H16F3NO3/c1-3-8(2)11(13(20)21)18-12(19)9-4-6-10(7-5-9)14(15,16)17/h4-8,11H,3H2,1-2H3,(H,18,19)(H,20,21)/p-1/t8-,11-/m0/s1. The summed E-state index contributed by atoms with van der Waals surface area (Å²) >= 11 is 0. The Morgan fingerprint density at radius 3 is 2.14 bits per heavy atom. The van der Waals surface area contributed by atoms with Crippen LogP contribution in [-0.4, -0.2) is 17.9 Å². The van der Waals surface area contributed by atoms with E-state index in [1.807, 2.05) is 0 Å². The average Bonchev–Trinajstić information content (AvgIpc) is 2.42. The van der Waals surface area contributed by atoms with E-state index in [2.05, 4.69) is 5.32 Å². The number of hydrogen-bond acceptors (Lipinski definition) is 3. The molecule has 1 aromatic carbocycles. The zero-order chi connectivity index (χ0) is 16.2. The second kappa shape index (κ2) is 6.60. The van der Waals surface area contributed by atoms with Crippen LogP contribution in [0.15, 0.2) is 24.3 Å². The fraction of sp³-hybridized carbons (Fsp3) is 0.429. The summed E-state index contributed by atoms with van der Waals surface area (Å²) in [6.07, 6.45) is -3.98. The molecule has 7 heteroatoms. The van der Waals surface area contributed by atoms with Gasteiger partial charge in [-0.25, -0.2) is 0 Å². The fourth-order valence-corrected chi connectivity index (χ4v) is 1.70. The summed E-state index contributed by atoms with van der Waals surface area (Å²) in [7, 11) is 0. The highest BCUT2D eigenvalue weighted by molar-refractivity contribution is 5.96. The zero-order valence-electron chi connectivity index (χ0n) is 11.5. The van der Waals surface area contributed by atoms with Crippen LogP contribution in [-0.2, 0) is 11.0 Å². The Hall–Kier alpha value is -2.05. The monoisotopic (exact) mass is 302 g/mol. The topological polar surface area (TPSA) is 69.2 Å². The van der Waals surface area contributed by atoms with Crippen LogP contribution in [0.4, 0.5) is 13.2 Å². The van der Waals surface area contributed by atoms with Crippen molar-refractivity contribution in [3.8, 4) is 0 Å². The van der Waals surface area contributed by atoms with Crippen LogP contribution < -0.4 is 10.4 Å². The lowest BCUT2D eigenvalue weighted by atomic mass is 9.99. The van der Waals surface area contributed by atoms with Gasteiger partial charge in [0.15, 0.2) is 0 Å². The smallest absolute Gasteiger partial charge is 0.416 e. The van der Waals surface area contributed by atoms with E-state index in [9.17, 15) is 27.9 Å². The first-order chi connectivity index (χ1) is 9.66. The molecule has 0 radical (unpaired) electrons. The molecule has 0 unspecified atom stereocenters. The highest BCUT2D eigenvalue weighted by Crippen LogP contribution is 2.29. The molecule has 0 heterocycles. The van der Waals surface area contributed by atoms with Crippen LogP contribution in [0.3, 0.4) is 0 Å². The van der Waals surface area contributed by atoms with E-state index in [0.717, 1.165) is 24.3 Å². The molecular formula is C14H15F3NO3-. The van der Waals surface area contributed by atoms with Gasteiger partial charge < -0.3 is 15.2 Å². The van der Waals surface area contributed by atoms with Crippen molar-refractivity contribution in [2.24, 2.45) is 5.92 Å². The molecule has 0 aliphatic rings. The van der Waals surface area contributed by atoms with E-state index in [-0.39, 0.29) is 11.5 Å². The second-order valence-corrected chi connectivity index (χ2v) is 4.73. The number of alkyl halides is 3. The van der Waals surface area contributed by atoms with Crippen LogP contribution in [0.25, 0.3) is 0 Å². The van der Waals surface area contributed by atoms with Crippen molar-refractivity contribution in [2.45, 2.75) is 32.5 Å². The Labute approximate surface area is 120 Å². The van der Waals surface area contributed by atoms with Crippen LogP contribution in [0.2, 0.25) is 0 Å². The van der Waals surface area contributed by atoms with Crippen molar-refractivity contribution >= 4 is 11.9 Å². The average molecular weight is 302 g/mol. The molecule has 0 bridgehead atoms. The molecule has 116 valence electrons. The van der Waals surface area contributed by atoms with E-state index in [1.165, 1.54) is 0 Å². The lowest BCUT2D eigenvalue weighted by Crippen LogP contribution is -2.51. The molecule has 1 rings (SSSR count). The van der Waals surface area contributed by atoms with Crippen molar-refractivity contribution in [1.82, 2.24) is 5.32 Å². The van der Waals surface area contributed by atoms with Crippen molar-refractivity contribution in [2.75, 3.05) is 0 Å². The lowest BCUT2D eigenvalue weighted by molar-refractivity contribution is -0.309. The van der Waals surface area contributed by atoms with Gasteiger partial charge in [0, 0.05) is 5.56 Å². The summed E-state index contributed by atoms with van der Waals surface area (Å²) in [6, 6.07) is 2.35. The number of carboxylic acids is 1. The predicted molar refractivity (Wildman–Crippen MR) is 67.2 cm³/mol. The van der Waals surface area contributed by atoms with Crippen molar-refractivity contribution in [3.63, 3.8) is 0 Å². The van der Waals surface area contributed by atoms with Gasteiger partial charge in [-0.05, 0) is 30.2 Å². The van der Waals surface area contributed by atoms with E-state index in [1.54, 1.807) is 13.8 Å². The molecule has 0 aliphatic carbocycles. The molecule has 1 aromatic rings. The number of carboxylic acid groups (broad SMARTS) is 1. The van der Waals surface area contributed by atoms with E-state index in [4.69, 9.17) is 0 Å². The number of carbonyl (C=O) groups excluding carboxylic acids is 2. The van der Waals surface area contributed by atoms with Crippen molar-refractivity contribution < 1.29 is 27.9 Å². The number of benzene rings is 1. The Kier molecular flexibility index (Phi) is 5.34. The molecule has 0 saturated carbocycles.